The summed E-state index contributed by atoms with van der Waals surface area (Å²) in [7, 11) is 0. The van der Waals surface area contributed by atoms with Crippen LogP contribution in [0.5, 0.6) is 0 Å². The number of hydrogen-bond donors (Lipinski definition) is 1. The first-order valence-electron chi connectivity index (χ1n) is 6.67. The summed E-state index contributed by atoms with van der Waals surface area (Å²) in [6, 6.07) is 6.39. The van der Waals surface area contributed by atoms with Crippen molar-refractivity contribution in [2.75, 3.05) is 13.1 Å². The largest absolute Gasteiger partial charge is 0.317 e. The third-order valence-electron chi connectivity index (χ3n) is 3.69. The summed E-state index contributed by atoms with van der Waals surface area (Å²) < 4.78 is 1.12. The molecule has 1 fully saturated rings. The van der Waals surface area contributed by atoms with E-state index in [0.29, 0.717) is 5.92 Å². The van der Waals surface area contributed by atoms with Gasteiger partial charge in [-0.3, -0.25) is 0 Å². The summed E-state index contributed by atoms with van der Waals surface area (Å²) in [5, 5.41) is 6.91. The van der Waals surface area contributed by atoms with E-state index in [1.165, 1.54) is 29.0 Å². The quantitative estimate of drug-likeness (QED) is 0.881. The van der Waals surface area contributed by atoms with Crippen LogP contribution in [0, 0.1) is 6.92 Å². The minimum atomic E-state index is 0.646. The molecule has 0 saturated carbocycles. The van der Waals surface area contributed by atoms with E-state index in [0.717, 1.165) is 23.3 Å². The lowest BCUT2D eigenvalue weighted by Crippen LogP contribution is -2.26. The van der Waals surface area contributed by atoms with Gasteiger partial charge in [-0.25, -0.2) is 4.98 Å². The zero-order valence-corrected chi connectivity index (χ0v) is 13.4. The van der Waals surface area contributed by atoms with Gasteiger partial charge in [-0.2, -0.15) is 0 Å². The Kier molecular flexibility index (Phi) is 4.01. The van der Waals surface area contributed by atoms with Gasteiger partial charge in [0.25, 0.3) is 0 Å². The third kappa shape index (κ3) is 2.91. The van der Waals surface area contributed by atoms with Gasteiger partial charge in [-0.1, -0.05) is 22.0 Å². The summed E-state index contributed by atoms with van der Waals surface area (Å²) in [5.41, 5.74) is 3.65. The number of hydrogen-bond acceptors (Lipinski definition) is 3. The standard InChI is InChI=1S/C15H17BrN2S/c1-10-2-3-12(16)8-13(10)14-9-19-15(18-14)11-4-6-17-7-5-11/h2-3,8-9,11,17H,4-7H2,1H3. The van der Waals surface area contributed by atoms with Crippen LogP contribution < -0.4 is 5.32 Å². The molecule has 0 aliphatic carbocycles. The number of halogens is 1. The molecule has 0 atom stereocenters. The van der Waals surface area contributed by atoms with Crippen LogP contribution in [0.25, 0.3) is 11.3 Å². The second-order valence-corrected chi connectivity index (χ2v) is 6.86. The molecule has 0 bridgehead atoms. The first kappa shape index (κ1) is 13.3. The van der Waals surface area contributed by atoms with Crippen molar-refractivity contribution in [3.63, 3.8) is 0 Å². The molecule has 0 spiro atoms. The van der Waals surface area contributed by atoms with Gasteiger partial charge in [-0.05, 0) is 50.6 Å². The molecule has 1 aliphatic heterocycles. The smallest absolute Gasteiger partial charge is 0.0964 e. The Hall–Kier alpha value is -0.710. The van der Waals surface area contributed by atoms with Crippen molar-refractivity contribution in [1.82, 2.24) is 10.3 Å². The highest BCUT2D eigenvalue weighted by Crippen LogP contribution is 2.33. The Morgan fingerprint density at radius 2 is 2.11 bits per heavy atom. The van der Waals surface area contributed by atoms with Crippen LogP contribution in [0.1, 0.15) is 29.3 Å². The molecule has 1 aliphatic rings. The number of nitrogens with one attached hydrogen (secondary N) is 1. The summed E-state index contributed by atoms with van der Waals surface area (Å²) in [4.78, 5) is 4.88. The number of benzene rings is 1. The van der Waals surface area contributed by atoms with Crippen molar-refractivity contribution in [1.29, 1.82) is 0 Å². The normalized spacial score (nSPS) is 16.7. The van der Waals surface area contributed by atoms with Crippen molar-refractivity contribution >= 4 is 27.3 Å². The predicted octanol–water partition coefficient (Wildman–Crippen LogP) is 4.35. The number of thiazole rings is 1. The number of rotatable bonds is 2. The molecule has 2 aromatic rings. The van der Waals surface area contributed by atoms with Gasteiger partial charge in [0.15, 0.2) is 0 Å². The monoisotopic (exact) mass is 336 g/mol. The van der Waals surface area contributed by atoms with Crippen LogP contribution >= 0.6 is 27.3 Å². The first-order valence-corrected chi connectivity index (χ1v) is 8.34. The minimum Gasteiger partial charge on any atom is -0.317 e. The number of aryl methyl sites for hydroxylation is 1. The molecular formula is C15H17BrN2S. The zero-order valence-electron chi connectivity index (χ0n) is 10.9. The van der Waals surface area contributed by atoms with Gasteiger partial charge in [0.2, 0.25) is 0 Å². The molecule has 1 aromatic carbocycles. The summed E-state index contributed by atoms with van der Waals surface area (Å²) in [6.07, 6.45) is 2.43. The number of piperidine rings is 1. The average molecular weight is 337 g/mol. The SMILES string of the molecule is Cc1ccc(Br)cc1-c1csc(C2CCNCC2)n1. The minimum absolute atomic E-state index is 0.646. The van der Waals surface area contributed by atoms with Crippen molar-refractivity contribution < 1.29 is 0 Å². The lowest BCUT2D eigenvalue weighted by molar-refractivity contribution is 0.459. The number of aromatic nitrogens is 1. The van der Waals surface area contributed by atoms with Crippen molar-refractivity contribution in [3.05, 3.63) is 38.6 Å². The second kappa shape index (κ2) is 5.73. The topological polar surface area (TPSA) is 24.9 Å². The number of nitrogens with zero attached hydrogens (tertiary/aromatic N) is 1. The fourth-order valence-electron chi connectivity index (χ4n) is 2.54. The zero-order chi connectivity index (χ0) is 13.2. The van der Waals surface area contributed by atoms with Gasteiger partial charge in [-0.15, -0.1) is 11.3 Å². The van der Waals surface area contributed by atoms with Gasteiger partial charge in [0, 0.05) is 21.3 Å². The Labute approximate surface area is 126 Å². The summed E-state index contributed by atoms with van der Waals surface area (Å²) in [6.45, 7) is 4.39. The van der Waals surface area contributed by atoms with Gasteiger partial charge < -0.3 is 5.32 Å². The molecule has 2 heterocycles. The highest BCUT2D eigenvalue weighted by Gasteiger charge is 2.19. The summed E-state index contributed by atoms with van der Waals surface area (Å²) in [5.74, 6) is 0.646. The van der Waals surface area contributed by atoms with Gasteiger partial charge >= 0.3 is 0 Å². The van der Waals surface area contributed by atoms with E-state index in [1.54, 1.807) is 0 Å². The highest BCUT2D eigenvalue weighted by molar-refractivity contribution is 9.10. The van der Waals surface area contributed by atoms with E-state index >= 15 is 0 Å². The van der Waals surface area contributed by atoms with Crippen LogP contribution in [-0.2, 0) is 0 Å². The molecule has 4 heteroatoms. The van der Waals surface area contributed by atoms with E-state index in [1.807, 2.05) is 11.3 Å². The molecule has 1 N–H and O–H groups in total. The molecule has 2 nitrogen and oxygen atoms in total. The van der Waals surface area contributed by atoms with E-state index in [-0.39, 0.29) is 0 Å². The highest BCUT2D eigenvalue weighted by atomic mass is 79.9. The maximum absolute atomic E-state index is 4.88. The average Bonchev–Trinajstić information content (AvgIpc) is 2.92. The Morgan fingerprint density at radius 3 is 2.89 bits per heavy atom. The van der Waals surface area contributed by atoms with Crippen LogP contribution in [0.2, 0.25) is 0 Å². The lowest BCUT2D eigenvalue weighted by Gasteiger charge is -2.20. The maximum atomic E-state index is 4.88. The van der Waals surface area contributed by atoms with Crippen LogP contribution in [0.4, 0.5) is 0 Å². The van der Waals surface area contributed by atoms with Crippen molar-refractivity contribution in [2.45, 2.75) is 25.7 Å². The van der Waals surface area contributed by atoms with E-state index in [9.17, 15) is 0 Å². The Balaban J connectivity index is 1.89. The summed E-state index contributed by atoms with van der Waals surface area (Å²) >= 11 is 5.36. The van der Waals surface area contributed by atoms with Crippen molar-refractivity contribution in [3.8, 4) is 11.3 Å². The van der Waals surface area contributed by atoms with Crippen LogP contribution in [0.3, 0.4) is 0 Å². The van der Waals surface area contributed by atoms with Crippen LogP contribution in [-0.4, -0.2) is 18.1 Å². The predicted molar refractivity (Wildman–Crippen MR) is 84.8 cm³/mol. The lowest BCUT2D eigenvalue weighted by atomic mass is 9.99. The fraction of sp³-hybridized carbons (Fsp3) is 0.400. The molecule has 100 valence electrons. The molecule has 3 rings (SSSR count). The molecule has 1 aromatic heterocycles. The maximum Gasteiger partial charge on any atom is 0.0964 e. The molecule has 1 saturated heterocycles. The van der Waals surface area contributed by atoms with Crippen molar-refractivity contribution in [2.24, 2.45) is 0 Å². The van der Waals surface area contributed by atoms with E-state index in [2.05, 4.69) is 51.7 Å². The first-order chi connectivity index (χ1) is 9.24. The van der Waals surface area contributed by atoms with Gasteiger partial charge in [0.05, 0.1) is 10.7 Å². The molecule has 0 unspecified atom stereocenters. The molecular weight excluding hydrogens is 320 g/mol. The third-order valence-corrected chi connectivity index (χ3v) is 5.19. The van der Waals surface area contributed by atoms with Gasteiger partial charge in [0.1, 0.15) is 0 Å². The Bertz CT molecular complexity index is 573. The molecule has 19 heavy (non-hydrogen) atoms. The molecule has 0 amide bonds. The second-order valence-electron chi connectivity index (χ2n) is 5.05. The van der Waals surface area contributed by atoms with Crippen LogP contribution in [0.15, 0.2) is 28.1 Å². The fourth-order valence-corrected chi connectivity index (χ4v) is 3.89. The molecule has 0 radical (unpaired) electrons. The Morgan fingerprint density at radius 1 is 1.32 bits per heavy atom. The van der Waals surface area contributed by atoms with E-state index < -0.39 is 0 Å². The van der Waals surface area contributed by atoms with E-state index in [4.69, 9.17) is 4.98 Å².